The molecule has 1 heterocycles. The molecule has 0 aliphatic heterocycles. The Balaban J connectivity index is 1.82. The van der Waals surface area contributed by atoms with Crippen LogP contribution in [0.5, 0.6) is 11.5 Å². The number of furan rings is 1. The first-order chi connectivity index (χ1) is 20.2. The highest BCUT2D eigenvalue weighted by Crippen LogP contribution is 2.32. The van der Waals surface area contributed by atoms with Gasteiger partial charge >= 0.3 is 6.03 Å². The lowest BCUT2D eigenvalue weighted by Crippen LogP contribution is -2.46. The average Bonchev–Trinajstić information content (AvgIpc) is 3.50. The third-order valence-corrected chi connectivity index (χ3v) is 7.18. The van der Waals surface area contributed by atoms with E-state index in [4.69, 9.17) is 18.6 Å². The lowest BCUT2D eigenvalue weighted by Gasteiger charge is -2.28. The first kappa shape index (κ1) is 32.5. The van der Waals surface area contributed by atoms with E-state index in [1.54, 1.807) is 38.6 Å². The van der Waals surface area contributed by atoms with Crippen LogP contribution < -0.4 is 14.8 Å². The average molecular weight is 580 g/mol. The number of para-hydroxylation sites is 1. The SMILES string of the molecule is COCCN(CC(=O)N(CCc1ccc(OC)c(OC)c1)Cc1ccco1)C(=O)Nc1c(C(C)C)cccc1C(C)C. The van der Waals surface area contributed by atoms with Gasteiger partial charge < -0.3 is 33.7 Å². The molecule has 0 saturated carbocycles. The molecule has 0 radical (unpaired) electrons. The molecule has 42 heavy (non-hydrogen) atoms. The van der Waals surface area contributed by atoms with E-state index >= 15 is 0 Å². The fourth-order valence-electron chi connectivity index (χ4n) is 4.78. The third kappa shape index (κ3) is 8.76. The van der Waals surface area contributed by atoms with E-state index in [1.165, 1.54) is 4.90 Å². The maximum atomic E-state index is 13.8. The molecule has 0 aliphatic carbocycles. The molecule has 9 nitrogen and oxygen atoms in total. The van der Waals surface area contributed by atoms with Crippen molar-refractivity contribution in [3.8, 4) is 11.5 Å². The van der Waals surface area contributed by atoms with Crippen molar-refractivity contribution in [1.82, 2.24) is 9.80 Å². The van der Waals surface area contributed by atoms with Gasteiger partial charge in [0.05, 0.1) is 33.6 Å². The zero-order valence-electron chi connectivity index (χ0n) is 25.9. The van der Waals surface area contributed by atoms with E-state index in [0.29, 0.717) is 36.8 Å². The number of urea groups is 1. The first-order valence-corrected chi connectivity index (χ1v) is 14.4. The number of rotatable bonds is 15. The molecule has 1 aromatic heterocycles. The summed E-state index contributed by atoms with van der Waals surface area (Å²) in [4.78, 5) is 30.7. The van der Waals surface area contributed by atoms with Gasteiger partial charge in [0.2, 0.25) is 5.91 Å². The highest BCUT2D eigenvalue weighted by Gasteiger charge is 2.24. The van der Waals surface area contributed by atoms with E-state index in [0.717, 1.165) is 22.4 Å². The molecular formula is C33H45N3O6. The van der Waals surface area contributed by atoms with Crippen LogP contribution in [0.2, 0.25) is 0 Å². The lowest BCUT2D eigenvalue weighted by atomic mass is 9.93. The first-order valence-electron chi connectivity index (χ1n) is 14.4. The van der Waals surface area contributed by atoms with Gasteiger partial charge in [0.25, 0.3) is 0 Å². The van der Waals surface area contributed by atoms with Crippen molar-refractivity contribution in [3.63, 3.8) is 0 Å². The standard InChI is InChI=1S/C33H45N3O6/c1-23(2)27-11-8-12-28(24(3)4)32(27)34-33(38)36(17-19-39-5)22-31(37)35(21-26-10-9-18-42-26)16-15-25-13-14-29(40-6)30(20-25)41-7/h8-14,18,20,23-24H,15-17,19,21-22H2,1-7H3,(H,34,38). The number of hydrogen-bond donors (Lipinski definition) is 1. The Morgan fingerprint density at radius 1 is 0.857 bits per heavy atom. The Morgan fingerprint density at radius 2 is 1.55 bits per heavy atom. The van der Waals surface area contributed by atoms with Crippen LogP contribution in [0.4, 0.5) is 10.5 Å². The van der Waals surface area contributed by atoms with Gasteiger partial charge in [-0.1, -0.05) is 52.0 Å². The Morgan fingerprint density at radius 3 is 2.12 bits per heavy atom. The zero-order valence-corrected chi connectivity index (χ0v) is 25.9. The summed E-state index contributed by atoms with van der Waals surface area (Å²) in [6, 6.07) is 15.1. The number of nitrogens with one attached hydrogen (secondary N) is 1. The molecule has 228 valence electrons. The minimum Gasteiger partial charge on any atom is -0.493 e. The molecule has 0 unspecified atom stereocenters. The van der Waals surface area contributed by atoms with Gasteiger partial charge in [-0.15, -0.1) is 0 Å². The maximum absolute atomic E-state index is 13.8. The summed E-state index contributed by atoms with van der Waals surface area (Å²) >= 11 is 0. The predicted molar refractivity (Wildman–Crippen MR) is 164 cm³/mol. The summed E-state index contributed by atoms with van der Waals surface area (Å²) in [7, 11) is 4.77. The summed E-state index contributed by atoms with van der Waals surface area (Å²) in [6.45, 7) is 9.57. The smallest absolute Gasteiger partial charge is 0.322 e. The minimum atomic E-state index is -0.340. The van der Waals surface area contributed by atoms with Crippen LogP contribution in [-0.2, 0) is 22.5 Å². The number of hydrogen-bond acceptors (Lipinski definition) is 6. The van der Waals surface area contributed by atoms with Crippen molar-refractivity contribution in [2.24, 2.45) is 0 Å². The number of amides is 3. The summed E-state index contributed by atoms with van der Waals surface area (Å²) in [5.41, 5.74) is 3.91. The van der Waals surface area contributed by atoms with Crippen LogP contribution in [0, 0.1) is 0 Å². The lowest BCUT2D eigenvalue weighted by molar-refractivity contribution is -0.132. The van der Waals surface area contributed by atoms with Crippen molar-refractivity contribution in [2.75, 3.05) is 52.9 Å². The van der Waals surface area contributed by atoms with Gasteiger partial charge in [-0.05, 0) is 59.2 Å². The quantitative estimate of drug-likeness (QED) is 0.227. The van der Waals surface area contributed by atoms with Crippen molar-refractivity contribution < 1.29 is 28.2 Å². The van der Waals surface area contributed by atoms with Crippen LogP contribution >= 0.6 is 0 Å². The van der Waals surface area contributed by atoms with Gasteiger partial charge in [0.15, 0.2) is 11.5 Å². The second-order valence-corrected chi connectivity index (χ2v) is 10.8. The highest BCUT2D eigenvalue weighted by molar-refractivity contribution is 5.94. The summed E-state index contributed by atoms with van der Waals surface area (Å²) < 4.78 is 21.6. The number of nitrogens with zero attached hydrogens (tertiary/aromatic N) is 2. The molecular weight excluding hydrogens is 534 g/mol. The van der Waals surface area contributed by atoms with Crippen LogP contribution in [0.1, 0.15) is 62.0 Å². The normalized spacial score (nSPS) is 11.1. The number of ether oxygens (including phenoxy) is 3. The fraction of sp³-hybridized carbons (Fsp3) is 0.455. The topological polar surface area (TPSA) is 93.5 Å². The highest BCUT2D eigenvalue weighted by atomic mass is 16.5. The molecule has 3 rings (SSSR count). The Kier molecular flexibility index (Phi) is 12.3. The monoisotopic (exact) mass is 579 g/mol. The van der Waals surface area contributed by atoms with Crippen LogP contribution in [0.25, 0.3) is 0 Å². The van der Waals surface area contributed by atoms with Crippen LogP contribution in [0.3, 0.4) is 0 Å². The second kappa shape index (κ2) is 15.9. The largest absolute Gasteiger partial charge is 0.493 e. The van der Waals surface area contributed by atoms with E-state index in [1.807, 2.05) is 42.5 Å². The molecule has 1 N–H and O–H groups in total. The van der Waals surface area contributed by atoms with Crippen molar-refractivity contribution in [1.29, 1.82) is 0 Å². The van der Waals surface area contributed by atoms with Gasteiger partial charge in [-0.25, -0.2) is 4.79 Å². The summed E-state index contributed by atoms with van der Waals surface area (Å²) in [5.74, 6) is 2.17. The molecule has 0 fully saturated rings. The molecule has 3 amide bonds. The maximum Gasteiger partial charge on any atom is 0.322 e. The Labute approximate surface area is 249 Å². The van der Waals surface area contributed by atoms with Crippen molar-refractivity contribution in [2.45, 2.75) is 52.5 Å². The van der Waals surface area contributed by atoms with E-state index in [-0.39, 0.29) is 43.4 Å². The number of benzene rings is 2. The summed E-state index contributed by atoms with van der Waals surface area (Å²) in [5, 5.41) is 3.14. The molecule has 9 heteroatoms. The number of methoxy groups -OCH3 is 3. The molecule has 3 aromatic rings. The number of carbonyl (C=O) groups excluding carboxylic acids is 2. The molecule has 0 aliphatic rings. The Hall–Kier alpha value is -3.98. The van der Waals surface area contributed by atoms with Crippen molar-refractivity contribution >= 4 is 17.6 Å². The Bertz CT molecular complexity index is 1260. The molecule has 0 bridgehead atoms. The fourth-order valence-corrected chi connectivity index (χ4v) is 4.78. The molecule has 2 aromatic carbocycles. The zero-order chi connectivity index (χ0) is 30.6. The predicted octanol–water partition coefficient (Wildman–Crippen LogP) is 6.30. The number of anilines is 1. The molecule has 0 atom stereocenters. The van der Waals surface area contributed by atoms with Crippen LogP contribution in [-0.4, -0.2) is 69.3 Å². The van der Waals surface area contributed by atoms with E-state index < -0.39 is 0 Å². The minimum absolute atomic E-state index is 0.108. The van der Waals surface area contributed by atoms with E-state index in [2.05, 4.69) is 33.0 Å². The van der Waals surface area contributed by atoms with Crippen molar-refractivity contribution in [3.05, 3.63) is 77.2 Å². The number of carbonyl (C=O) groups is 2. The van der Waals surface area contributed by atoms with Gasteiger partial charge in [-0.3, -0.25) is 4.79 Å². The van der Waals surface area contributed by atoms with Gasteiger partial charge in [-0.2, -0.15) is 0 Å². The van der Waals surface area contributed by atoms with Crippen LogP contribution in [0.15, 0.2) is 59.2 Å². The van der Waals surface area contributed by atoms with Gasteiger partial charge in [0, 0.05) is 25.9 Å². The van der Waals surface area contributed by atoms with Gasteiger partial charge in [0.1, 0.15) is 12.3 Å². The second-order valence-electron chi connectivity index (χ2n) is 10.8. The third-order valence-electron chi connectivity index (χ3n) is 7.18. The molecule has 0 spiro atoms. The molecule has 0 saturated heterocycles. The van der Waals surface area contributed by atoms with E-state index in [9.17, 15) is 9.59 Å². The summed E-state index contributed by atoms with van der Waals surface area (Å²) in [6.07, 6.45) is 2.17.